The first-order valence-corrected chi connectivity index (χ1v) is 3.87. The van der Waals surface area contributed by atoms with E-state index in [0.717, 1.165) is 0 Å². The Kier molecular flexibility index (Phi) is 2.94. The molecule has 1 aromatic heterocycles. The summed E-state index contributed by atoms with van der Waals surface area (Å²) < 4.78 is 13.2. The number of carbonyl (C=O) groups excluding carboxylic acids is 1. The number of carbonyl (C=O) groups is 1. The van der Waals surface area contributed by atoms with E-state index < -0.39 is 6.67 Å². The number of rotatable bonds is 3. The van der Waals surface area contributed by atoms with E-state index in [1.165, 1.54) is 4.68 Å². The molecule has 72 valence electrons. The van der Waals surface area contributed by atoms with Crippen molar-refractivity contribution in [1.29, 1.82) is 0 Å². The molecule has 0 radical (unpaired) electrons. The lowest BCUT2D eigenvalue weighted by Gasteiger charge is -1.99. The molecular formula is C7H11FN4O. The van der Waals surface area contributed by atoms with Crippen LogP contribution in [-0.4, -0.2) is 34.1 Å². The highest BCUT2D eigenvalue weighted by atomic mass is 19.1. The Labute approximate surface area is 74.9 Å². The lowest BCUT2D eigenvalue weighted by atomic mass is 10.3. The van der Waals surface area contributed by atoms with E-state index in [1.54, 1.807) is 14.0 Å². The van der Waals surface area contributed by atoms with Crippen molar-refractivity contribution in [3.63, 3.8) is 0 Å². The standard InChI is InChI=1S/C7H11FN4O/c1-5-6(10-11-12(5)2)7(13)9-4-3-8/h3-4H2,1-2H3,(H,9,13). The van der Waals surface area contributed by atoms with E-state index in [-0.39, 0.29) is 18.1 Å². The van der Waals surface area contributed by atoms with Crippen LogP contribution in [0.15, 0.2) is 0 Å². The Morgan fingerprint density at radius 1 is 1.69 bits per heavy atom. The maximum atomic E-state index is 11.7. The summed E-state index contributed by atoms with van der Waals surface area (Å²) in [6, 6.07) is 0. The molecule has 0 spiro atoms. The van der Waals surface area contributed by atoms with E-state index in [2.05, 4.69) is 15.6 Å². The number of alkyl halides is 1. The van der Waals surface area contributed by atoms with Gasteiger partial charge in [0.25, 0.3) is 5.91 Å². The van der Waals surface area contributed by atoms with Gasteiger partial charge in [-0.25, -0.2) is 4.39 Å². The monoisotopic (exact) mass is 186 g/mol. The SMILES string of the molecule is Cc1c(C(=O)NCCF)nnn1C. The Morgan fingerprint density at radius 3 is 2.85 bits per heavy atom. The normalized spacial score (nSPS) is 10.1. The van der Waals surface area contributed by atoms with E-state index in [4.69, 9.17) is 0 Å². The average Bonchev–Trinajstić information content (AvgIpc) is 2.44. The summed E-state index contributed by atoms with van der Waals surface area (Å²) in [5.41, 5.74) is 0.910. The number of hydrogen-bond donors (Lipinski definition) is 1. The van der Waals surface area contributed by atoms with E-state index >= 15 is 0 Å². The minimum Gasteiger partial charge on any atom is -0.348 e. The highest BCUT2D eigenvalue weighted by Gasteiger charge is 2.13. The fourth-order valence-electron chi connectivity index (χ4n) is 0.859. The van der Waals surface area contributed by atoms with Crippen molar-refractivity contribution in [2.24, 2.45) is 7.05 Å². The summed E-state index contributed by atoms with van der Waals surface area (Å²) in [6.45, 7) is 1.16. The number of aryl methyl sites for hydroxylation is 1. The van der Waals surface area contributed by atoms with Gasteiger partial charge in [0.2, 0.25) is 0 Å². The maximum absolute atomic E-state index is 11.7. The van der Waals surface area contributed by atoms with Crippen molar-refractivity contribution in [3.8, 4) is 0 Å². The predicted octanol–water partition coefficient (Wildman–Crippen LogP) is -0.177. The van der Waals surface area contributed by atoms with Crippen LogP contribution in [0.4, 0.5) is 4.39 Å². The summed E-state index contributed by atoms with van der Waals surface area (Å²) in [5.74, 6) is -0.386. The molecule has 5 nitrogen and oxygen atoms in total. The average molecular weight is 186 g/mol. The molecule has 1 amide bonds. The van der Waals surface area contributed by atoms with Crippen molar-refractivity contribution in [2.45, 2.75) is 6.92 Å². The number of halogens is 1. The van der Waals surface area contributed by atoms with E-state index in [0.29, 0.717) is 5.69 Å². The first-order chi connectivity index (χ1) is 6.16. The fourth-order valence-corrected chi connectivity index (χ4v) is 0.859. The topological polar surface area (TPSA) is 59.8 Å². The van der Waals surface area contributed by atoms with Gasteiger partial charge in [-0.05, 0) is 6.92 Å². The summed E-state index contributed by atoms with van der Waals surface area (Å²) in [4.78, 5) is 11.2. The number of aromatic nitrogens is 3. The molecule has 0 aliphatic carbocycles. The highest BCUT2D eigenvalue weighted by Crippen LogP contribution is 2.00. The minimum atomic E-state index is -0.578. The maximum Gasteiger partial charge on any atom is 0.273 e. The molecular weight excluding hydrogens is 175 g/mol. The molecule has 0 bridgehead atoms. The Morgan fingerprint density at radius 2 is 2.38 bits per heavy atom. The Hall–Kier alpha value is -1.46. The molecule has 0 saturated carbocycles. The first kappa shape index (κ1) is 9.63. The van der Waals surface area contributed by atoms with Gasteiger partial charge in [0.1, 0.15) is 6.67 Å². The van der Waals surface area contributed by atoms with E-state index in [9.17, 15) is 9.18 Å². The number of hydrogen-bond acceptors (Lipinski definition) is 3. The third kappa shape index (κ3) is 2.01. The van der Waals surface area contributed by atoms with Crippen LogP contribution in [0.2, 0.25) is 0 Å². The molecule has 1 aromatic rings. The van der Waals surface area contributed by atoms with Gasteiger partial charge in [0, 0.05) is 13.6 Å². The summed E-state index contributed by atoms with van der Waals surface area (Å²) in [5, 5.41) is 9.68. The lowest BCUT2D eigenvalue weighted by molar-refractivity contribution is 0.0945. The molecule has 1 N–H and O–H groups in total. The molecule has 1 rings (SSSR count). The van der Waals surface area contributed by atoms with Crippen molar-refractivity contribution in [2.75, 3.05) is 13.2 Å². The Balaban J connectivity index is 2.71. The zero-order valence-electron chi connectivity index (χ0n) is 7.54. The molecule has 13 heavy (non-hydrogen) atoms. The van der Waals surface area contributed by atoms with Crippen LogP contribution in [0, 0.1) is 6.92 Å². The van der Waals surface area contributed by atoms with Gasteiger partial charge in [-0.1, -0.05) is 5.21 Å². The number of amides is 1. The summed E-state index contributed by atoms with van der Waals surface area (Å²) in [7, 11) is 1.69. The van der Waals surface area contributed by atoms with E-state index in [1.807, 2.05) is 0 Å². The van der Waals surface area contributed by atoms with Gasteiger partial charge in [-0.15, -0.1) is 5.10 Å². The molecule has 6 heteroatoms. The van der Waals surface area contributed by atoms with Crippen molar-refractivity contribution in [1.82, 2.24) is 20.3 Å². The molecule has 0 atom stereocenters. The van der Waals surface area contributed by atoms with Crippen LogP contribution < -0.4 is 5.32 Å². The van der Waals surface area contributed by atoms with Gasteiger partial charge >= 0.3 is 0 Å². The first-order valence-electron chi connectivity index (χ1n) is 3.87. The molecule has 0 aliphatic rings. The zero-order valence-corrected chi connectivity index (χ0v) is 7.54. The van der Waals surface area contributed by atoms with Crippen LogP contribution in [0.25, 0.3) is 0 Å². The molecule has 0 saturated heterocycles. The second-order valence-corrected chi connectivity index (χ2v) is 2.59. The van der Waals surface area contributed by atoms with Gasteiger partial charge < -0.3 is 5.32 Å². The smallest absolute Gasteiger partial charge is 0.273 e. The molecule has 0 fully saturated rings. The molecule has 1 heterocycles. The van der Waals surface area contributed by atoms with Gasteiger partial charge in [0.15, 0.2) is 5.69 Å². The third-order valence-corrected chi connectivity index (χ3v) is 1.70. The lowest BCUT2D eigenvalue weighted by Crippen LogP contribution is -2.26. The van der Waals surface area contributed by atoms with Crippen molar-refractivity contribution < 1.29 is 9.18 Å². The van der Waals surface area contributed by atoms with Crippen molar-refractivity contribution >= 4 is 5.91 Å². The second-order valence-electron chi connectivity index (χ2n) is 2.59. The third-order valence-electron chi connectivity index (χ3n) is 1.70. The van der Waals surface area contributed by atoms with Crippen LogP contribution in [0.1, 0.15) is 16.2 Å². The molecule has 0 unspecified atom stereocenters. The second kappa shape index (κ2) is 3.97. The quantitative estimate of drug-likeness (QED) is 0.712. The van der Waals surface area contributed by atoms with Crippen LogP contribution in [0.5, 0.6) is 0 Å². The summed E-state index contributed by atoms with van der Waals surface area (Å²) in [6.07, 6.45) is 0. The predicted molar refractivity (Wildman–Crippen MR) is 44.0 cm³/mol. The van der Waals surface area contributed by atoms with Crippen LogP contribution >= 0.6 is 0 Å². The number of nitrogens with one attached hydrogen (secondary N) is 1. The summed E-state index contributed by atoms with van der Waals surface area (Å²) >= 11 is 0. The Bertz CT molecular complexity index is 309. The molecule has 0 aliphatic heterocycles. The highest BCUT2D eigenvalue weighted by molar-refractivity contribution is 5.93. The van der Waals surface area contributed by atoms with Crippen LogP contribution in [-0.2, 0) is 7.05 Å². The van der Waals surface area contributed by atoms with Crippen LogP contribution in [0.3, 0.4) is 0 Å². The van der Waals surface area contributed by atoms with Gasteiger partial charge in [-0.2, -0.15) is 0 Å². The zero-order chi connectivity index (χ0) is 9.84. The molecule has 0 aromatic carbocycles. The number of nitrogens with zero attached hydrogens (tertiary/aromatic N) is 3. The largest absolute Gasteiger partial charge is 0.348 e. The van der Waals surface area contributed by atoms with Crippen molar-refractivity contribution in [3.05, 3.63) is 11.4 Å². The van der Waals surface area contributed by atoms with Gasteiger partial charge in [0.05, 0.1) is 5.69 Å². The fraction of sp³-hybridized carbons (Fsp3) is 0.571. The van der Waals surface area contributed by atoms with Gasteiger partial charge in [-0.3, -0.25) is 9.48 Å². The minimum absolute atomic E-state index is 0.00878.